The number of H-pyrrole nitrogens is 1. The molecule has 23 heavy (non-hydrogen) atoms. The molecule has 3 rings (SSSR count). The van der Waals surface area contributed by atoms with Crippen molar-refractivity contribution in [1.29, 1.82) is 0 Å². The van der Waals surface area contributed by atoms with Gasteiger partial charge in [-0.3, -0.25) is 4.79 Å². The second-order valence-corrected chi connectivity index (χ2v) is 5.32. The van der Waals surface area contributed by atoms with Crippen LogP contribution in [0.1, 0.15) is 21.9 Å². The minimum atomic E-state index is -1.34. The highest BCUT2D eigenvalue weighted by Crippen LogP contribution is 2.19. The lowest BCUT2D eigenvalue weighted by atomic mass is 10.0. The number of hydrogen-bond donors (Lipinski definition) is 2. The van der Waals surface area contributed by atoms with Crippen molar-refractivity contribution < 1.29 is 19.1 Å². The molecule has 0 bridgehead atoms. The number of aromatic amines is 1. The van der Waals surface area contributed by atoms with Gasteiger partial charge in [0, 0.05) is 23.5 Å². The monoisotopic (exact) mass is 311 g/mol. The zero-order valence-corrected chi connectivity index (χ0v) is 12.5. The molecule has 2 aromatic heterocycles. The Hall–Kier alpha value is -3.02. The lowest BCUT2D eigenvalue weighted by Gasteiger charge is -2.18. The molecule has 0 aliphatic carbocycles. The predicted molar refractivity (Wildman–Crippen MR) is 81.7 cm³/mol. The Morgan fingerprint density at radius 1 is 1.26 bits per heavy atom. The molecule has 0 aliphatic rings. The molecule has 1 atom stereocenters. The van der Waals surface area contributed by atoms with Gasteiger partial charge in [-0.15, -0.1) is 0 Å². The topological polar surface area (TPSA) is 98.2 Å². The minimum absolute atomic E-state index is 0.0766. The highest BCUT2D eigenvalue weighted by molar-refractivity contribution is 5.94. The van der Waals surface area contributed by atoms with Crippen molar-refractivity contribution in [2.75, 3.05) is 0 Å². The number of carboxylic acid groups (broad SMARTS) is 1. The Labute approximate surface area is 132 Å². The third kappa shape index (κ3) is 3.11. The van der Waals surface area contributed by atoms with Crippen molar-refractivity contribution in [3.63, 3.8) is 0 Å². The highest BCUT2D eigenvalue weighted by atomic mass is 16.4. The third-order valence-corrected chi connectivity index (χ3v) is 3.65. The van der Waals surface area contributed by atoms with Gasteiger partial charge in [-0.1, -0.05) is 18.2 Å². The van der Waals surface area contributed by atoms with E-state index in [0.717, 1.165) is 16.5 Å². The van der Waals surface area contributed by atoms with Crippen molar-refractivity contribution in [2.45, 2.75) is 19.4 Å². The van der Waals surface area contributed by atoms with E-state index < -0.39 is 17.9 Å². The van der Waals surface area contributed by atoms with E-state index in [1.165, 1.54) is 6.07 Å². The second kappa shape index (κ2) is 6.00. The molecular weight excluding hydrogens is 296 g/mol. The number of carboxylic acids is 1. The molecule has 6 nitrogen and oxygen atoms in total. The Kier molecular flexibility index (Phi) is 3.89. The number of para-hydroxylation sites is 1. The smallest absolute Gasteiger partial charge is 0.287 e. The van der Waals surface area contributed by atoms with Crippen LogP contribution < -0.4 is 10.4 Å². The molecule has 118 valence electrons. The molecule has 0 aliphatic heterocycles. The fourth-order valence-corrected chi connectivity index (χ4v) is 2.50. The van der Waals surface area contributed by atoms with Gasteiger partial charge in [0.2, 0.25) is 0 Å². The van der Waals surface area contributed by atoms with Gasteiger partial charge in [-0.2, -0.15) is 0 Å². The van der Waals surface area contributed by atoms with Crippen molar-refractivity contribution in [2.24, 2.45) is 0 Å². The normalized spacial score (nSPS) is 12.2. The molecule has 2 heterocycles. The van der Waals surface area contributed by atoms with E-state index in [1.807, 2.05) is 24.3 Å². The average molecular weight is 311 g/mol. The van der Waals surface area contributed by atoms with Crippen molar-refractivity contribution >= 4 is 22.8 Å². The van der Waals surface area contributed by atoms with Gasteiger partial charge < -0.3 is 24.6 Å². The Bertz CT molecular complexity index is 862. The van der Waals surface area contributed by atoms with E-state index in [4.69, 9.17) is 4.42 Å². The van der Waals surface area contributed by atoms with Crippen LogP contribution in [-0.4, -0.2) is 22.9 Å². The Morgan fingerprint density at radius 2 is 2.04 bits per heavy atom. The van der Waals surface area contributed by atoms with E-state index in [2.05, 4.69) is 10.3 Å². The molecule has 0 saturated heterocycles. The summed E-state index contributed by atoms with van der Waals surface area (Å²) in [6, 6.07) is 9.55. The molecule has 2 N–H and O–H groups in total. The summed E-state index contributed by atoms with van der Waals surface area (Å²) in [4.78, 5) is 26.5. The fourth-order valence-electron chi connectivity index (χ4n) is 2.50. The number of carbonyl (C=O) groups is 2. The number of aromatic nitrogens is 1. The quantitative estimate of drug-likeness (QED) is 0.738. The van der Waals surface area contributed by atoms with Crippen LogP contribution in [0.3, 0.4) is 0 Å². The van der Waals surface area contributed by atoms with Crippen molar-refractivity contribution in [1.82, 2.24) is 10.3 Å². The third-order valence-electron chi connectivity index (χ3n) is 3.65. The average Bonchev–Trinajstić information content (AvgIpc) is 3.13. The summed E-state index contributed by atoms with van der Waals surface area (Å²) < 4.78 is 5.20. The maximum absolute atomic E-state index is 12.1. The number of benzene rings is 1. The summed E-state index contributed by atoms with van der Waals surface area (Å²) in [6.45, 7) is 1.71. The zero-order valence-electron chi connectivity index (χ0n) is 12.5. The Balaban J connectivity index is 1.79. The van der Waals surface area contributed by atoms with E-state index in [0.29, 0.717) is 5.76 Å². The molecule has 0 fully saturated rings. The first-order chi connectivity index (χ1) is 11.0. The predicted octanol–water partition coefficient (Wildman–Crippen LogP) is 1.16. The molecule has 0 unspecified atom stereocenters. The molecule has 3 aromatic rings. The van der Waals surface area contributed by atoms with Gasteiger partial charge in [-0.05, 0) is 30.7 Å². The van der Waals surface area contributed by atoms with Gasteiger partial charge >= 0.3 is 0 Å². The first-order valence-corrected chi connectivity index (χ1v) is 7.18. The molecule has 1 aromatic carbocycles. The lowest BCUT2D eigenvalue weighted by molar-refractivity contribution is -0.308. The number of nitrogens with one attached hydrogen (secondary N) is 2. The van der Waals surface area contributed by atoms with Gasteiger partial charge in [-0.25, -0.2) is 0 Å². The van der Waals surface area contributed by atoms with Gasteiger partial charge in [0.05, 0.1) is 12.0 Å². The lowest BCUT2D eigenvalue weighted by Crippen LogP contribution is -2.49. The number of amides is 1. The van der Waals surface area contributed by atoms with Crippen molar-refractivity contribution in [3.05, 3.63) is 59.7 Å². The summed E-state index contributed by atoms with van der Waals surface area (Å²) in [5, 5.41) is 14.7. The maximum Gasteiger partial charge on any atom is 0.287 e. The number of furan rings is 1. The summed E-state index contributed by atoms with van der Waals surface area (Å²) in [5.74, 6) is -1.26. The molecule has 1 amide bonds. The number of aryl methyl sites for hydroxylation is 1. The van der Waals surface area contributed by atoms with E-state index in [9.17, 15) is 14.7 Å². The van der Waals surface area contributed by atoms with Crippen molar-refractivity contribution in [3.8, 4) is 0 Å². The van der Waals surface area contributed by atoms with E-state index >= 15 is 0 Å². The van der Waals surface area contributed by atoms with Gasteiger partial charge in [0.15, 0.2) is 5.76 Å². The number of rotatable bonds is 5. The Morgan fingerprint density at radius 3 is 2.74 bits per heavy atom. The summed E-state index contributed by atoms with van der Waals surface area (Å²) in [5.41, 5.74) is 1.71. The number of carbonyl (C=O) groups excluding carboxylic acids is 2. The van der Waals surface area contributed by atoms with E-state index in [1.54, 1.807) is 19.2 Å². The highest BCUT2D eigenvalue weighted by Gasteiger charge is 2.19. The van der Waals surface area contributed by atoms with E-state index in [-0.39, 0.29) is 12.2 Å². The summed E-state index contributed by atoms with van der Waals surface area (Å²) in [6.07, 6.45) is 1.86. The van der Waals surface area contributed by atoms with Crippen LogP contribution in [0.4, 0.5) is 0 Å². The van der Waals surface area contributed by atoms with Crippen LogP contribution in [0.15, 0.2) is 47.0 Å². The first-order valence-electron chi connectivity index (χ1n) is 7.18. The van der Waals surface area contributed by atoms with Crippen LogP contribution in [0.5, 0.6) is 0 Å². The maximum atomic E-state index is 12.1. The fraction of sp³-hybridized carbons (Fsp3) is 0.176. The second-order valence-electron chi connectivity index (χ2n) is 5.32. The van der Waals surface area contributed by atoms with Gasteiger partial charge in [0.1, 0.15) is 5.76 Å². The summed E-state index contributed by atoms with van der Waals surface area (Å²) >= 11 is 0. The number of fused-ring (bicyclic) bond motifs is 1. The number of hydrogen-bond acceptors (Lipinski definition) is 4. The van der Waals surface area contributed by atoms with Crippen LogP contribution in [-0.2, 0) is 11.2 Å². The first kappa shape index (κ1) is 14.9. The zero-order chi connectivity index (χ0) is 16.4. The minimum Gasteiger partial charge on any atom is -0.548 e. The standard InChI is InChI=1S/C17H16N2O4/c1-10-6-7-15(23-10)16(20)19-14(17(21)22)8-11-9-18-13-5-3-2-4-12(11)13/h2-7,9,14,18H,8H2,1H3,(H,19,20)(H,21,22)/p-1/t14-/m0/s1. The molecule has 0 spiro atoms. The molecular formula is C17H15N2O4-. The van der Waals surface area contributed by atoms with Gasteiger partial charge in [0.25, 0.3) is 5.91 Å². The van der Waals surface area contributed by atoms with Crippen LogP contribution >= 0.6 is 0 Å². The molecule has 6 heteroatoms. The van der Waals surface area contributed by atoms with Crippen LogP contribution in [0, 0.1) is 6.92 Å². The summed E-state index contributed by atoms with van der Waals surface area (Å²) in [7, 11) is 0. The SMILES string of the molecule is Cc1ccc(C(=O)N[C@@H](Cc2c[nH]c3ccccc23)C(=O)[O-])o1. The largest absolute Gasteiger partial charge is 0.548 e. The van der Waals surface area contributed by atoms with Crippen LogP contribution in [0.25, 0.3) is 10.9 Å². The van der Waals surface area contributed by atoms with Crippen LogP contribution in [0.2, 0.25) is 0 Å². The molecule has 0 saturated carbocycles. The molecule has 0 radical (unpaired) electrons. The number of aliphatic carboxylic acids is 1.